The summed E-state index contributed by atoms with van der Waals surface area (Å²) in [6.45, 7) is 5.11. The number of halogens is 1. The minimum atomic E-state index is -0.404. The van der Waals surface area contributed by atoms with E-state index >= 15 is 0 Å². The minimum Gasteiger partial charge on any atom is -0.309 e. The maximum absolute atomic E-state index is 14.0. The average molecular weight is 326 g/mol. The molecule has 2 rings (SSSR count). The third-order valence-corrected chi connectivity index (χ3v) is 3.26. The molecule has 1 aromatic heterocycles. The molecular weight excluding hydrogens is 307 g/mol. The lowest BCUT2D eigenvalue weighted by Crippen LogP contribution is -2.02. The van der Waals surface area contributed by atoms with Gasteiger partial charge in [0.1, 0.15) is 17.4 Å². The van der Waals surface area contributed by atoms with Gasteiger partial charge in [0.15, 0.2) is 0 Å². The molecule has 0 spiro atoms. The van der Waals surface area contributed by atoms with E-state index in [-0.39, 0.29) is 12.2 Å². The summed E-state index contributed by atoms with van der Waals surface area (Å²) < 4.78 is 14.0. The first-order valence-corrected chi connectivity index (χ1v) is 7.55. The number of ketones is 1. The molecule has 0 atom stereocenters. The Hall–Kier alpha value is -2.89. The molecule has 0 unspecified atom stereocenters. The Bertz CT molecular complexity index is 782. The molecule has 6 heteroatoms. The summed E-state index contributed by atoms with van der Waals surface area (Å²) in [7, 11) is 0. The van der Waals surface area contributed by atoms with E-state index in [1.165, 1.54) is 13.0 Å². The summed E-state index contributed by atoms with van der Waals surface area (Å²) in [4.78, 5) is 23.7. The Morgan fingerprint density at radius 2 is 1.96 bits per heavy atom. The van der Waals surface area contributed by atoms with Gasteiger partial charge in [-0.2, -0.15) is 0 Å². The number of benzene rings is 1. The molecule has 1 aromatic carbocycles. The normalized spacial score (nSPS) is 11.8. The van der Waals surface area contributed by atoms with Crippen LogP contribution in [0.15, 0.2) is 47.5 Å². The van der Waals surface area contributed by atoms with Crippen molar-refractivity contribution in [3.8, 4) is 11.1 Å². The number of hydrogen-bond donors (Lipinski definition) is 1. The molecule has 0 aliphatic rings. The molecule has 2 aromatic rings. The predicted octanol–water partition coefficient (Wildman–Crippen LogP) is 3.78. The fraction of sp³-hybridized carbons (Fsp3) is 0.222. The fourth-order valence-electron chi connectivity index (χ4n) is 2.11. The molecule has 5 nitrogen and oxygen atoms in total. The number of carbonyl (C=O) groups excluding carboxylic acids is 1. The van der Waals surface area contributed by atoms with Gasteiger partial charge in [0, 0.05) is 30.6 Å². The number of Topliss-reactive ketones (excluding diaryl/α,β-unsaturated/α-hetero) is 1. The summed E-state index contributed by atoms with van der Waals surface area (Å²) in [5, 5.41) is 2.98. The minimum absolute atomic E-state index is 0.0741. The molecule has 0 radical (unpaired) electrons. The monoisotopic (exact) mass is 326 g/mol. The second-order valence-corrected chi connectivity index (χ2v) is 5.17. The SMILES string of the molecule is C/C=N\C(=C/C)Nc1ncc(-c2ccc(CC(C)=O)c(F)c2)cn1. The number of anilines is 1. The Morgan fingerprint density at radius 3 is 2.50 bits per heavy atom. The van der Waals surface area contributed by atoms with E-state index in [0.29, 0.717) is 28.5 Å². The van der Waals surface area contributed by atoms with E-state index in [2.05, 4.69) is 20.3 Å². The summed E-state index contributed by atoms with van der Waals surface area (Å²) in [5.74, 6) is 0.573. The Kier molecular flexibility index (Phi) is 5.89. The van der Waals surface area contributed by atoms with Crippen LogP contribution in [-0.2, 0) is 11.2 Å². The molecule has 124 valence electrons. The van der Waals surface area contributed by atoms with Crippen LogP contribution in [-0.4, -0.2) is 22.0 Å². The smallest absolute Gasteiger partial charge is 0.228 e. The van der Waals surface area contributed by atoms with Gasteiger partial charge in [-0.25, -0.2) is 19.4 Å². The number of aromatic nitrogens is 2. The van der Waals surface area contributed by atoms with Gasteiger partial charge in [-0.05, 0) is 44.0 Å². The number of carbonyl (C=O) groups is 1. The molecule has 0 saturated heterocycles. The standard InChI is InChI=1S/C18H19FN4O/c1-4-17(20-5-2)23-18-21-10-15(11-22-18)13-6-7-14(8-12(3)24)16(19)9-13/h4-7,9-11H,8H2,1-3H3,(H,21,22,23)/b17-4+,20-5-. The number of rotatable bonds is 6. The van der Waals surface area contributed by atoms with Crippen LogP contribution in [0.3, 0.4) is 0 Å². The highest BCUT2D eigenvalue weighted by Gasteiger charge is 2.08. The second-order valence-electron chi connectivity index (χ2n) is 5.17. The van der Waals surface area contributed by atoms with E-state index in [0.717, 1.165) is 0 Å². The number of hydrogen-bond acceptors (Lipinski definition) is 5. The zero-order valence-electron chi connectivity index (χ0n) is 13.9. The highest BCUT2D eigenvalue weighted by Crippen LogP contribution is 2.22. The molecule has 0 amide bonds. The topological polar surface area (TPSA) is 67.2 Å². The molecule has 24 heavy (non-hydrogen) atoms. The van der Waals surface area contributed by atoms with Crippen LogP contribution in [0, 0.1) is 5.82 Å². The molecule has 0 aliphatic heterocycles. The lowest BCUT2D eigenvalue weighted by molar-refractivity contribution is -0.116. The maximum atomic E-state index is 14.0. The van der Waals surface area contributed by atoms with E-state index in [4.69, 9.17) is 0 Å². The van der Waals surface area contributed by atoms with Gasteiger partial charge in [0.2, 0.25) is 5.95 Å². The molecule has 0 aliphatic carbocycles. The van der Waals surface area contributed by atoms with Crippen LogP contribution in [0.1, 0.15) is 26.3 Å². The molecule has 0 bridgehead atoms. The van der Waals surface area contributed by atoms with Crippen molar-refractivity contribution in [2.45, 2.75) is 27.2 Å². The van der Waals surface area contributed by atoms with Crippen molar-refractivity contribution < 1.29 is 9.18 Å². The summed E-state index contributed by atoms with van der Waals surface area (Å²) in [6, 6.07) is 4.76. The average Bonchev–Trinajstić information content (AvgIpc) is 2.56. The van der Waals surface area contributed by atoms with Crippen LogP contribution in [0.5, 0.6) is 0 Å². The first-order valence-electron chi connectivity index (χ1n) is 7.55. The predicted molar refractivity (Wildman–Crippen MR) is 93.4 cm³/mol. The summed E-state index contributed by atoms with van der Waals surface area (Å²) >= 11 is 0. The lowest BCUT2D eigenvalue weighted by atomic mass is 10.0. The number of nitrogens with zero attached hydrogens (tertiary/aromatic N) is 3. The number of allylic oxidation sites excluding steroid dienone is 1. The van der Waals surface area contributed by atoms with Crippen LogP contribution in [0.4, 0.5) is 10.3 Å². The third kappa shape index (κ3) is 4.55. The van der Waals surface area contributed by atoms with Crippen molar-refractivity contribution in [3.05, 3.63) is 53.9 Å². The van der Waals surface area contributed by atoms with Gasteiger partial charge >= 0.3 is 0 Å². The lowest BCUT2D eigenvalue weighted by Gasteiger charge is -2.07. The highest BCUT2D eigenvalue weighted by atomic mass is 19.1. The Labute approximate surface area is 140 Å². The van der Waals surface area contributed by atoms with Gasteiger partial charge in [0.25, 0.3) is 0 Å². The summed E-state index contributed by atoms with van der Waals surface area (Å²) in [5.41, 5.74) is 1.74. The number of aliphatic imine (C=N–C) groups is 1. The largest absolute Gasteiger partial charge is 0.309 e. The van der Waals surface area contributed by atoms with Crippen molar-refractivity contribution in [3.63, 3.8) is 0 Å². The first-order chi connectivity index (χ1) is 11.5. The van der Waals surface area contributed by atoms with Crippen LogP contribution in [0.25, 0.3) is 11.1 Å². The fourth-order valence-corrected chi connectivity index (χ4v) is 2.11. The van der Waals surface area contributed by atoms with Crippen molar-refractivity contribution in [1.29, 1.82) is 0 Å². The molecule has 0 saturated carbocycles. The van der Waals surface area contributed by atoms with Crippen molar-refractivity contribution in [2.75, 3.05) is 5.32 Å². The second kappa shape index (κ2) is 8.10. The maximum Gasteiger partial charge on any atom is 0.228 e. The van der Waals surface area contributed by atoms with E-state index in [9.17, 15) is 9.18 Å². The van der Waals surface area contributed by atoms with Gasteiger partial charge in [-0.1, -0.05) is 12.1 Å². The van der Waals surface area contributed by atoms with E-state index in [1.54, 1.807) is 36.8 Å². The van der Waals surface area contributed by atoms with E-state index < -0.39 is 5.82 Å². The van der Waals surface area contributed by atoms with Crippen molar-refractivity contribution in [2.24, 2.45) is 4.99 Å². The quantitative estimate of drug-likeness (QED) is 0.820. The molecular formula is C18H19FN4O. The van der Waals surface area contributed by atoms with Gasteiger partial charge in [0.05, 0.1) is 0 Å². The zero-order valence-corrected chi connectivity index (χ0v) is 13.9. The van der Waals surface area contributed by atoms with Gasteiger partial charge in [-0.15, -0.1) is 0 Å². The highest BCUT2D eigenvalue weighted by molar-refractivity contribution is 5.78. The zero-order chi connectivity index (χ0) is 17.5. The van der Waals surface area contributed by atoms with Crippen molar-refractivity contribution >= 4 is 17.9 Å². The van der Waals surface area contributed by atoms with Crippen LogP contribution < -0.4 is 5.32 Å². The first kappa shape index (κ1) is 17.5. The van der Waals surface area contributed by atoms with Gasteiger partial charge in [-0.3, -0.25) is 4.79 Å². The molecule has 0 fully saturated rings. The third-order valence-electron chi connectivity index (χ3n) is 3.26. The van der Waals surface area contributed by atoms with Gasteiger partial charge < -0.3 is 5.32 Å². The van der Waals surface area contributed by atoms with Crippen LogP contribution in [0.2, 0.25) is 0 Å². The van der Waals surface area contributed by atoms with Crippen LogP contribution >= 0.6 is 0 Å². The van der Waals surface area contributed by atoms with Crippen molar-refractivity contribution in [1.82, 2.24) is 9.97 Å². The molecule has 1 N–H and O–H groups in total. The molecule has 1 heterocycles. The summed E-state index contributed by atoms with van der Waals surface area (Å²) in [6.07, 6.45) is 6.79. The van der Waals surface area contributed by atoms with E-state index in [1.807, 2.05) is 13.8 Å². The number of nitrogens with one attached hydrogen (secondary N) is 1. The Morgan fingerprint density at radius 1 is 1.25 bits per heavy atom. The Balaban J connectivity index is 2.19.